The number of aromatic nitrogens is 2. The van der Waals surface area contributed by atoms with Crippen molar-refractivity contribution in [3.05, 3.63) is 138 Å². The Hall–Kier alpha value is -5.66. The van der Waals surface area contributed by atoms with E-state index in [0.29, 0.717) is 50.0 Å². The molecule has 0 bridgehead atoms. The lowest BCUT2D eigenvalue weighted by Crippen LogP contribution is -2.50. The highest BCUT2D eigenvalue weighted by atomic mass is 16.7. The molecule has 7 rings (SSSR count). The third kappa shape index (κ3) is 11.0. The van der Waals surface area contributed by atoms with E-state index in [2.05, 4.69) is 54.7 Å². The van der Waals surface area contributed by atoms with E-state index in [1.54, 1.807) is 24.5 Å². The van der Waals surface area contributed by atoms with Crippen LogP contribution in [0.25, 0.3) is 11.1 Å². The van der Waals surface area contributed by atoms with Crippen LogP contribution in [-0.2, 0) is 32.2 Å². The number of rotatable bonds is 15. The summed E-state index contributed by atoms with van der Waals surface area (Å²) in [5.41, 5.74) is 12.9. The number of nitrogens with one attached hydrogen (secondary N) is 2. The van der Waals surface area contributed by atoms with Gasteiger partial charge in [-0.25, -0.2) is 9.97 Å². The number of carbonyl (C=O) groups excluding carboxylic acids is 2. The normalized spacial score (nSPS) is 18.5. The maximum absolute atomic E-state index is 12.7. The lowest BCUT2D eigenvalue weighted by Gasteiger charge is -2.40. The summed E-state index contributed by atoms with van der Waals surface area (Å²) >= 11 is 0. The highest BCUT2D eigenvalue weighted by Gasteiger charge is 2.34. The van der Waals surface area contributed by atoms with Gasteiger partial charge < -0.3 is 35.8 Å². The highest BCUT2D eigenvalue weighted by molar-refractivity contribution is 5.93. The molecule has 2 saturated heterocycles. The van der Waals surface area contributed by atoms with Crippen molar-refractivity contribution in [3.63, 3.8) is 0 Å². The molecule has 296 valence electrons. The molecule has 0 radical (unpaired) electrons. The number of nitrogens with two attached hydrogens (primary N) is 1. The number of hydrogen-bond acceptors (Lipinski definition) is 10. The number of hydrogen-bond donors (Lipinski definition) is 4. The van der Waals surface area contributed by atoms with Crippen LogP contribution in [-0.4, -0.2) is 70.6 Å². The first kappa shape index (κ1) is 39.6. The van der Waals surface area contributed by atoms with Gasteiger partial charge in [0.2, 0.25) is 17.8 Å². The number of aliphatic hydroxyl groups excluding tert-OH is 1. The lowest BCUT2D eigenvalue weighted by atomic mass is 9.98. The van der Waals surface area contributed by atoms with Crippen molar-refractivity contribution in [2.45, 2.75) is 63.8 Å². The number of benzene rings is 4. The zero-order chi connectivity index (χ0) is 39.4. The summed E-state index contributed by atoms with van der Waals surface area (Å²) in [6.07, 6.45) is 5.34. The molecule has 0 spiro atoms. The van der Waals surface area contributed by atoms with E-state index in [0.717, 1.165) is 72.1 Å². The Morgan fingerprint density at radius 1 is 0.754 bits per heavy atom. The van der Waals surface area contributed by atoms with E-state index < -0.39 is 6.29 Å². The molecule has 1 aromatic heterocycles. The van der Waals surface area contributed by atoms with Gasteiger partial charge in [-0.2, -0.15) is 0 Å². The van der Waals surface area contributed by atoms with Gasteiger partial charge in [0.1, 0.15) is 0 Å². The van der Waals surface area contributed by atoms with Gasteiger partial charge in [0.25, 0.3) is 0 Å². The first-order chi connectivity index (χ1) is 27.9. The number of piperazine rings is 1. The van der Waals surface area contributed by atoms with Gasteiger partial charge in [-0.3, -0.25) is 14.5 Å². The molecule has 2 amide bonds. The van der Waals surface area contributed by atoms with E-state index in [9.17, 15) is 14.7 Å². The van der Waals surface area contributed by atoms with Crippen LogP contribution in [0.3, 0.4) is 0 Å². The molecule has 0 saturated carbocycles. The molecule has 5 aromatic rings. The van der Waals surface area contributed by atoms with Crippen molar-refractivity contribution in [1.29, 1.82) is 0 Å². The van der Waals surface area contributed by atoms with Gasteiger partial charge in [-0.05, 0) is 71.0 Å². The number of nitrogen functional groups attached to an aromatic ring is 1. The van der Waals surface area contributed by atoms with Crippen LogP contribution in [0.5, 0.6) is 0 Å². The summed E-state index contributed by atoms with van der Waals surface area (Å²) < 4.78 is 13.4. The number of anilines is 3. The summed E-state index contributed by atoms with van der Waals surface area (Å²) in [5, 5.41) is 15.5. The van der Waals surface area contributed by atoms with Gasteiger partial charge in [0, 0.05) is 76.5 Å². The van der Waals surface area contributed by atoms with E-state index in [1.807, 2.05) is 66.7 Å². The van der Waals surface area contributed by atoms with Crippen LogP contribution in [0.4, 0.5) is 17.3 Å². The summed E-state index contributed by atoms with van der Waals surface area (Å²) in [6, 6.07) is 33.4. The van der Waals surface area contributed by atoms with Gasteiger partial charge in [0.05, 0.1) is 30.2 Å². The first-order valence-corrected chi connectivity index (χ1v) is 19.8. The zero-order valence-corrected chi connectivity index (χ0v) is 32.1. The molecule has 57 heavy (non-hydrogen) atoms. The van der Waals surface area contributed by atoms with Gasteiger partial charge in [0.15, 0.2) is 6.29 Å². The number of amides is 2. The molecular formula is C45H51N7O5. The van der Waals surface area contributed by atoms with Crippen molar-refractivity contribution in [3.8, 4) is 11.1 Å². The van der Waals surface area contributed by atoms with Gasteiger partial charge in [-0.15, -0.1) is 0 Å². The lowest BCUT2D eigenvalue weighted by molar-refractivity contribution is -0.253. The second kappa shape index (κ2) is 19.5. The molecule has 2 aliphatic heterocycles. The molecular weight excluding hydrogens is 719 g/mol. The quantitative estimate of drug-likeness (QED) is 0.0695. The smallest absolute Gasteiger partial charge is 0.225 e. The highest BCUT2D eigenvalue weighted by Crippen LogP contribution is 2.39. The van der Waals surface area contributed by atoms with E-state index in [4.69, 9.17) is 15.2 Å². The minimum Gasteiger partial charge on any atom is -0.397 e. The molecule has 12 nitrogen and oxygen atoms in total. The number of ether oxygens (including phenoxy) is 2. The fraction of sp³-hybridized carbons (Fsp3) is 0.333. The fourth-order valence-corrected chi connectivity index (χ4v) is 7.32. The van der Waals surface area contributed by atoms with Crippen LogP contribution < -0.4 is 21.3 Å². The number of carbonyl (C=O) groups is 2. The van der Waals surface area contributed by atoms with E-state index in [-0.39, 0.29) is 30.6 Å². The van der Waals surface area contributed by atoms with Crippen LogP contribution in [0.15, 0.2) is 116 Å². The zero-order valence-electron chi connectivity index (χ0n) is 32.1. The molecule has 0 aliphatic carbocycles. The monoisotopic (exact) mass is 769 g/mol. The Labute approximate surface area is 334 Å². The Morgan fingerprint density at radius 2 is 1.47 bits per heavy atom. The Kier molecular flexibility index (Phi) is 13.5. The number of para-hydroxylation sites is 2. The predicted octanol–water partition coefficient (Wildman–Crippen LogP) is 6.40. The topological polar surface area (TPSA) is 155 Å². The molecule has 0 unspecified atom stereocenters. The fourth-order valence-electron chi connectivity index (χ4n) is 7.32. The van der Waals surface area contributed by atoms with Crippen LogP contribution in [0.1, 0.15) is 66.8 Å². The van der Waals surface area contributed by atoms with Gasteiger partial charge in [-0.1, -0.05) is 72.8 Å². The van der Waals surface area contributed by atoms with Crippen molar-refractivity contribution < 1.29 is 24.2 Å². The molecule has 3 atom stereocenters. The predicted molar refractivity (Wildman–Crippen MR) is 221 cm³/mol. The van der Waals surface area contributed by atoms with Crippen molar-refractivity contribution in [2.24, 2.45) is 0 Å². The minimum atomic E-state index is -0.574. The number of unbranched alkanes of at least 4 members (excludes halogenated alkanes) is 1. The number of nitrogens with zero attached hydrogens (tertiary/aromatic N) is 4. The Morgan fingerprint density at radius 3 is 2.23 bits per heavy atom. The van der Waals surface area contributed by atoms with Crippen LogP contribution in [0.2, 0.25) is 0 Å². The molecule has 3 heterocycles. The van der Waals surface area contributed by atoms with Crippen LogP contribution >= 0.6 is 0 Å². The maximum Gasteiger partial charge on any atom is 0.225 e. The summed E-state index contributed by atoms with van der Waals surface area (Å²) in [6.45, 7) is 4.64. The third-order valence-corrected chi connectivity index (χ3v) is 10.5. The van der Waals surface area contributed by atoms with Crippen LogP contribution in [0, 0.1) is 0 Å². The molecule has 4 aromatic carbocycles. The Bertz CT molecular complexity index is 2070. The number of aliphatic hydroxyl groups is 1. The second-order valence-corrected chi connectivity index (χ2v) is 14.6. The SMILES string of the molecule is Nc1ccccc1NC(=O)CCCCC(=O)NCc1cccc(-c2cccc([C@H]3O[C@@H](CN4CCN(c5ncccn5)CC4)C[C@@H](c4ccc(CO)cc4)O3)c2)c1. The van der Waals surface area contributed by atoms with Crippen molar-refractivity contribution >= 4 is 29.1 Å². The van der Waals surface area contributed by atoms with Crippen molar-refractivity contribution in [2.75, 3.05) is 48.7 Å². The minimum absolute atomic E-state index is 0.00544. The molecule has 2 aliphatic rings. The van der Waals surface area contributed by atoms with E-state index in [1.165, 1.54) is 0 Å². The average Bonchev–Trinajstić information content (AvgIpc) is 3.26. The summed E-state index contributed by atoms with van der Waals surface area (Å²) in [4.78, 5) is 38.5. The second-order valence-electron chi connectivity index (χ2n) is 14.6. The van der Waals surface area contributed by atoms with Crippen molar-refractivity contribution in [1.82, 2.24) is 20.2 Å². The largest absolute Gasteiger partial charge is 0.397 e. The van der Waals surface area contributed by atoms with Gasteiger partial charge >= 0.3 is 0 Å². The summed E-state index contributed by atoms with van der Waals surface area (Å²) in [5.74, 6) is 0.597. The molecule has 2 fully saturated rings. The maximum atomic E-state index is 12.7. The first-order valence-electron chi connectivity index (χ1n) is 19.8. The average molecular weight is 770 g/mol. The Balaban J connectivity index is 0.951. The molecule has 5 N–H and O–H groups in total. The molecule has 12 heteroatoms. The third-order valence-electron chi connectivity index (χ3n) is 10.5. The van der Waals surface area contributed by atoms with E-state index >= 15 is 0 Å². The summed E-state index contributed by atoms with van der Waals surface area (Å²) in [7, 11) is 0. The standard InChI is InChI=1S/C45H51N7O5/c46-39-12-1-2-13-40(39)50-43(55)15-4-3-14-42(54)49-29-33-8-5-9-35(26-33)36-10-6-11-37(27-36)44-56-38(28-41(57-44)34-18-16-32(31-53)17-19-34)30-51-22-24-52(25-23-51)45-47-20-7-21-48-45/h1-2,5-13,16-21,26-27,38,41,44,53H,3-4,14-15,22-25,28-31,46H2,(H,49,54)(H,50,55)/t38-,41+,44+/m1/s1.